The van der Waals surface area contributed by atoms with Gasteiger partial charge in [0.2, 0.25) is 0 Å². The van der Waals surface area contributed by atoms with Gasteiger partial charge in [0.15, 0.2) is 5.82 Å². The number of aromatic nitrogens is 2. The number of nitrogens with zero attached hydrogens (tertiary/aromatic N) is 2. The fourth-order valence-electron chi connectivity index (χ4n) is 6.40. The zero-order valence-electron chi connectivity index (χ0n) is 25.5. The molecule has 0 fully saturated rings. The second kappa shape index (κ2) is 11.5. The Labute approximate surface area is 277 Å². The summed E-state index contributed by atoms with van der Waals surface area (Å²) in [5.41, 5.74) is 9.71. The molecule has 0 unspecified atom stereocenters. The normalized spacial score (nSPS) is 11.4. The van der Waals surface area contributed by atoms with Crippen LogP contribution in [0, 0.1) is 0 Å². The Bertz CT molecular complexity index is 2550. The molecule has 0 aliphatic carbocycles. The van der Waals surface area contributed by atoms with Crippen molar-refractivity contribution in [2.75, 3.05) is 0 Å². The van der Waals surface area contributed by atoms with Gasteiger partial charge in [-0.1, -0.05) is 146 Å². The maximum Gasteiger partial charge on any atom is 0.160 e. The summed E-state index contributed by atoms with van der Waals surface area (Å²) in [5.74, 6) is 0.719. The number of hydrogen-bond donors (Lipinski definition) is 0. The van der Waals surface area contributed by atoms with E-state index >= 15 is 0 Å². The average molecular weight is 617 g/mol. The molecule has 0 N–H and O–H groups in total. The van der Waals surface area contributed by atoms with E-state index in [1.54, 1.807) is 0 Å². The molecule has 0 spiro atoms. The van der Waals surface area contributed by atoms with Gasteiger partial charge in [0, 0.05) is 36.9 Å². The van der Waals surface area contributed by atoms with E-state index in [1.807, 2.05) is 29.5 Å². The standard InChI is InChI=1S/C44H28N2S/c1-2-9-34(10-3-1)44-45-40(32-19-14-30(15-20-32)36-23-18-29-8-4-5-11-35(29)26-36)28-41(46-44)33-21-16-31(17-22-33)37-24-25-39-38-12-6-7-13-42(38)47-43(39)27-37/h1-28H. The van der Waals surface area contributed by atoms with Crippen molar-refractivity contribution in [3.63, 3.8) is 0 Å². The molecule has 9 aromatic rings. The number of hydrogen-bond acceptors (Lipinski definition) is 3. The average Bonchev–Trinajstić information content (AvgIpc) is 3.53. The first kappa shape index (κ1) is 27.4. The van der Waals surface area contributed by atoms with Crippen LogP contribution in [-0.4, -0.2) is 9.97 Å². The Hall–Kier alpha value is -5.90. The minimum Gasteiger partial charge on any atom is -0.228 e. The molecule has 0 aliphatic rings. The van der Waals surface area contributed by atoms with Gasteiger partial charge in [0.05, 0.1) is 11.4 Å². The van der Waals surface area contributed by atoms with Gasteiger partial charge in [0.25, 0.3) is 0 Å². The second-order valence-electron chi connectivity index (χ2n) is 11.9. The lowest BCUT2D eigenvalue weighted by molar-refractivity contribution is 1.18. The van der Waals surface area contributed by atoms with E-state index < -0.39 is 0 Å². The Morgan fingerprint density at radius 2 is 0.851 bits per heavy atom. The zero-order valence-corrected chi connectivity index (χ0v) is 26.3. The lowest BCUT2D eigenvalue weighted by Crippen LogP contribution is -1.96. The van der Waals surface area contributed by atoms with Crippen molar-refractivity contribution in [1.82, 2.24) is 9.97 Å². The Balaban J connectivity index is 1.07. The molecule has 7 aromatic carbocycles. The monoisotopic (exact) mass is 616 g/mol. The molecular formula is C44H28N2S. The number of fused-ring (bicyclic) bond motifs is 4. The largest absolute Gasteiger partial charge is 0.228 e. The summed E-state index contributed by atoms with van der Waals surface area (Å²) in [6.45, 7) is 0. The van der Waals surface area contributed by atoms with Crippen molar-refractivity contribution in [3.05, 3.63) is 170 Å². The molecule has 0 bridgehead atoms. The van der Waals surface area contributed by atoms with Crippen LogP contribution in [0.1, 0.15) is 0 Å². The summed E-state index contributed by atoms with van der Waals surface area (Å²) in [4.78, 5) is 10.1. The van der Waals surface area contributed by atoms with Crippen LogP contribution < -0.4 is 0 Å². The van der Waals surface area contributed by atoms with Crippen molar-refractivity contribution in [2.45, 2.75) is 0 Å². The molecule has 2 aromatic heterocycles. The highest BCUT2D eigenvalue weighted by molar-refractivity contribution is 7.25. The van der Waals surface area contributed by atoms with E-state index in [1.165, 1.54) is 53.2 Å². The van der Waals surface area contributed by atoms with Crippen molar-refractivity contribution < 1.29 is 0 Å². The van der Waals surface area contributed by atoms with E-state index in [9.17, 15) is 0 Å². The fourth-order valence-corrected chi connectivity index (χ4v) is 7.55. The summed E-state index contributed by atoms with van der Waals surface area (Å²) < 4.78 is 2.64. The quantitative estimate of drug-likeness (QED) is 0.192. The van der Waals surface area contributed by atoms with Crippen LogP contribution in [0.15, 0.2) is 170 Å². The minimum atomic E-state index is 0.719. The van der Waals surface area contributed by atoms with Crippen LogP contribution in [-0.2, 0) is 0 Å². The van der Waals surface area contributed by atoms with E-state index in [4.69, 9.17) is 9.97 Å². The maximum absolute atomic E-state index is 5.05. The molecule has 9 rings (SSSR count). The van der Waals surface area contributed by atoms with Crippen LogP contribution in [0.3, 0.4) is 0 Å². The third kappa shape index (κ3) is 5.17. The molecule has 2 nitrogen and oxygen atoms in total. The van der Waals surface area contributed by atoms with Crippen LogP contribution >= 0.6 is 11.3 Å². The molecule has 0 amide bonds. The van der Waals surface area contributed by atoms with Gasteiger partial charge in [-0.25, -0.2) is 9.97 Å². The SMILES string of the molecule is c1ccc(-c2nc(-c3ccc(-c4ccc5ccccc5c4)cc3)cc(-c3ccc(-c4ccc5c(c4)sc4ccccc45)cc3)n2)cc1. The summed E-state index contributed by atoms with van der Waals surface area (Å²) in [6.07, 6.45) is 0. The Kier molecular flexibility index (Phi) is 6.69. The fraction of sp³-hybridized carbons (Fsp3) is 0. The highest BCUT2D eigenvalue weighted by atomic mass is 32.1. The molecular weight excluding hydrogens is 589 g/mol. The number of benzene rings is 7. The third-order valence-corrected chi connectivity index (χ3v) is 10.0. The summed E-state index contributed by atoms with van der Waals surface area (Å²) in [6, 6.07) is 60.3. The number of rotatable bonds is 5. The Morgan fingerprint density at radius 3 is 1.57 bits per heavy atom. The van der Waals surface area contributed by atoms with Gasteiger partial charge in [-0.2, -0.15) is 0 Å². The van der Waals surface area contributed by atoms with E-state index in [-0.39, 0.29) is 0 Å². The molecule has 220 valence electrons. The highest BCUT2D eigenvalue weighted by Gasteiger charge is 2.12. The molecule has 0 radical (unpaired) electrons. The predicted octanol–water partition coefficient (Wildman–Crippen LogP) is 12.3. The van der Waals surface area contributed by atoms with Gasteiger partial charge in [0.1, 0.15) is 0 Å². The van der Waals surface area contributed by atoms with E-state index in [0.29, 0.717) is 0 Å². The third-order valence-electron chi connectivity index (χ3n) is 8.91. The van der Waals surface area contributed by atoms with Crippen LogP contribution in [0.4, 0.5) is 0 Å². The molecule has 2 heterocycles. The van der Waals surface area contributed by atoms with E-state index in [0.717, 1.165) is 33.9 Å². The molecule has 0 aliphatic heterocycles. The lowest BCUT2D eigenvalue weighted by atomic mass is 9.99. The van der Waals surface area contributed by atoms with Crippen LogP contribution in [0.5, 0.6) is 0 Å². The van der Waals surface area contributed by atoms with Gasteiger partial charge >= 0.3 is 0 Å². The lowest BCUT2D eigenvalue weighted by Gasteiger charge is -2.11. The first-order valence-electron chi connectivity index (χ1n) is 15.8. The van der Waals surface area contributed by atoms with Crippen LogP contribution in [0.25, 0.3) is 87.1 Å². The predicted molar refractivity (Wildman–Crippen MR) is 200 cm³/mol. The highest BCUT2D eigenvalue weighted by Crippen LogP contribution is 2.37. The molecule has 47 heavy (non-hydrogen) atoms. The van der Waals surface area contributed by atoms with Gasteiger partial charge in [-0.05, 0) is 57.3 Å². The van der Waals surface area contributed by atoms with Crippen molar-refractivity contribution in [2.24, 2.45) is 0 Å². The van der Waals surface area contributed by atoms with Gasteiger partial charge in [-0.15, -0.1) is 11.3 Å². The summed E-state index contributed by atoms with van der Waals surface area (Å²) in [7, 11) is 0. The maximum atomic E-state index is 5.05. The molecule has 0 saturated carbocycles. The summed E-state index contributed by atoms with van der Waals surface area (Å²) >= 11 is 1.85. The minimum absolute atomic E-state index is 0.719. The molecule has 3 heteroatoms. The first-order chi connectivity index (χ1) is 23.2. The van der Waals surface area contributed by atoms with Crippen molar-refractivity contribution in [3.8, 4) is 56.2 Å². The van der Waals surface area contributed by atoms with Gasteiger partial charge in [-0.3, -0.25) is 0 Å². The topological polar surface area (TPSA) is 25.8 Å². The Morgan fingerprint density at radius 1 is 0.319 bits per heavy atom. The second-order valence-corrected chi connectivity index (χ2v) is 12.9. The van der Waals surface area contributed by atoms with Gasteiger partial charge < -0.3 is 0 Å². The zero-order chi connectivity index (χ0) is 31.2. The van der Waals surface area contributed by atoms with E-state index in [2.05, 4.69) is 152 Å². The summed E-state index contributed by atoms with van der Waals surface area (Å²) in [5, 5.41) is 5.14. The van der Waals surface area contributed by atoms with Crippen molar-refractivity contribution >= 4 is 42.3 Å². The number of thiophene rings is 1. The molecule has 0 saturated heterocycles. The van der Waals surface area contributed by atoms with Crippen molar-refractivity contribution in [1.29, 1.82) is 0 Å². The molecule has 0 atom stereocenters. The smallest absolute Gasteiger partial charge is 0.160 e. The first-order valence-corrected chi connectivity index (χ1v) is 16.6. The van der Waals surface area contributed by atoms with Crippen LogP contribution in [0.2, 0.25) is 0 Å².